The third-order valence-corrected chi connectivity index (χ3v) is 8.24. The van der Waals surface area contributed by atoms with Crippen LogP contribution in [0, 0.1) is 0 Å². The maximum atomic E-state index is 14.2. The van der Waals surface area contributed by atoms with E-state index in [0.29, 0.717) is 40.1 Å². The number of benzene rings is 3. The summed E-state index contributed by atoms with van der Waals surface area (Å²) >= 11 is 12.6. The molecule has 0 aliphatic carbocycles. The van der Waals surface area contributed by atoms with Crippen LogP contribution < -0.4 is 19.1 Å². The molecule has 0 heterocycles. The van der Waals surface area contributed by atoms with Gasteiger partial charge in [0.15, 0.2) is 11.5 Å². The van der Waals surface area contributed by atoms with Gasteiger partial charge in [-0.1, -0.05) is 66.5 Å². The van der Waals surface area contributed by atoms with Gasteiger partial charge in [-0.25, -0.2) is 8.42 Å². The summed E-state index contributed by atoms with van der Waals surface area (Å²) in [4.78, 5) is 29.1. The van der Waals surface area contributed by atoms with Crippen molar-refractivity contribution in [3.8, 4) is 11.5 Å². The van der Waals surface area contributed by atoms with Crippen LogP contribution in [0.1, 0.15) is 24.5 Å². The summed E-state index contributed by atoms with van der Waals surface area (Å²) in [5.74, 6) is -0.276. The van der Waals surface area contributed by atoms with Crippen LogP contribution in [0.3, 0.4) is 0 Å². The van der Waals surface area contributed by atoms with E-state index < -0.39 is 28.5 Å². The zero-order valence-corrected chi connectivity index (χ0v) is 26.3. The summed E-state index contributed by atoms with van der Waals surface area (Å²) in [5.41, 5.74) is 1.57. The number of rotatable bonds is 14. The Bertz CT molecular complexity index is 1490. The first-order valence-corrected chi connectivity index (χ1v) is 15.8. The van der Waals surface area contributed by atoms with E-state index in [1.807, 2.05) is 37.3 Å². The van der Waals surface area contributed by atoms with Crippen molar-refractivity contribution in [1.82, 2.24) is 10.2 Å². The van der Waals surface area contributed by atoms with Crippen LogP contribution in [-0.4, -0.2) is 64.7 Å². The standard InChI is InChI=1S/C30H35Cl2N3O6S/c1-5-15-33-30(37)26(16-21-9-7-6-8-10-21)34(19-22-11-12-23(31)17-25(22)32)29(36)20-35(42(4,38)39)24-13-14-27(40-2)28(18-24)41-3/h6-14,17-18,26H,5,15-16,19-20H2,1-4H3,(H,33,37). The van der Waals surface area contributed by atoms with E-state index in [1.165, 1.54) is 31.3 Å². The Balaban J connectivity index is 2.09. The van der Waals surface area contributed by atoms with Gasteiger partial charge in [-0.3, -0.25) is 13.9 Å². The van der Waals surface area contributed by atoms with Gasteiger partial charge >= 0.3 is 0 Å². The number of sulfonamides is 1. The quantitative estimate of drug-likeness (QED) is 0.269. The maximum absolute atomic E-state index is 14.2. The molecule has 0 radical (unpaired) electrons. The Morgan fingerprint density at radius 1 is 0.952 bits per heavy atom. The van der Waals surface area contributed by atoms with Gasteiger partial charge in [0.25, 0.3) is 0 Å². The Labute approximate surface area is 257 Å². The Hall–Kier alpha value is -3.47. The van der Waals surface area contributed by atoms with Crippen molar-refractivity contribution in [3.63, 3.8) is 0 Å². The van der Waals surface area contributed by atoms with E-state index in [9.17, 15) is 18.0 Å². The van der Waals surface area contributed by atoms with Gasteiger partial charge in [0.2, 0.25) is 21.8 Å². The minimum absolute atomic E-state index is 0.0601. The lowest BCUT2D eigenvalue weighted by molar-refractivity contribution is -0.140. The third kappa shape index (κ3) is 8.77. The number of nitrogens with zero attached hydrogens (tertiary/aromatic N) is 2. The first kappa shape index (κ1) is 33.0. The molecule has 1 N–H and O–H groups in total. The summed E-state index contributed by atoms with van der Waals surface area (Å²) < 4.78 is 37.6. The molecule has 12 heteroatoms. The number of carbonyl (C=O) groups is 2. The average Bonchev–Trinajstić information content (AvgIpc) is 2.96. The van der Waals surface area contributed by atoms with Gasteiger partial charge in [-0.2, -0.15) is 0 Å². The molecule has 0 aliphatic heterocycles. The number of ether oxygens (including phenoxy) is 2. The van der Waals surface area contributed by atoms with Gasteiger partial charge < -0.3 is 19.7 Å². The molecule has 2 amide bonds. The monoisotopic (exact) mass is 635 g/mol. The highest BCUT2D eigenvalue weighted by Crippen LogP contribution is 2.33. The van der Waals surface area contributed by atoms with Crippen molar-refractivity contribution in [2.75, 3.05) is 37.9 Å². The first-order valence-electron chi connectivity index (χ1n) is 13.2. The lowest BCUT2D eigenvalue weighted by atomic mass is 10.0. The number of methoxy groups -OCH3 is 2. The highest BCUT2D eigenvalue weighted by atomic mass is 35.5. The van der Waals surface area contributed by atoms with E-state index in [1.54, 1.807) is 24.3 Å². The van der Waals surface area contributed by atoms with E-state index in [-0.39, 0.29) is 24.6 Å². The lowest BCUT2D eigenvalue weighted by Crippen LogP contribution is -2.53. The fraction of sp³-hybridized carbons (Fsp3) is 0.333. The van der Waals surface area contributed by atoms with Crippen molar-refractivity contribution in [2.24, 2.45) is 0 Å². The molecule has 0 fully saturated rings. The van der Waals surface area contributed by atoms with Crippen molar-refractivity contribution < 1.29 is 27.5 Å². The third-order valence-electron chi connectivity index (χ3n) is 6.51. The predicted molar refractivity (Wildman–Crippen MR) is 166 cm³/mol. The van der Waals surface area contributed by atoms with E-state index in [0.717, 1.165) is 16.1 Å². The molecule has 1 atom stereocenters. The second-order valence-corrected chi connectivity index (χ2v) is 12.3. The van der Waals surface area contributed by atoms with Crippen LogP contribution in [0.4, 0.5) is 5.69 Å². The van der Waals surface area contributed by atoms with Crippen molar-refractivity contribution in [2.45, 2.75) is 32.4 Å². The van der Waals surface area contributed by atoms with Gasteiger partial charge in [0.05, 0.1) is 26.2 Å². The number of carbonyl (C=O) groups excluding carboxylic acids is 2. The largest absolute Gasteiger partial charge is 0.493 e. The lowest BCUT2D eigenvalue weighted by Gasteiger charge is -2.33. The molecule has 1 unspecified atom stereocenters. The average molecular weight is 637 g/mol. The van der Waals surface area contributed by atoms with Crippen molar-refractivity contribution >= 4 is 50.7 Å². The molecule has 0 aliphatic rings. The maximum Gasteiger partial charge on any atom is 0.244 e. The number of hydrogen-bond acceptors (Lipinski definition) is 6. The second kappa shape index (κ2) is 15.1. The summed E-state index contributed by atoms with van der Waals surface area (Å²) in [5, 5.41) is 3.62. The van der Waals surface area contributed by atoms with E-state index >= 15 is 0 Å². The minimum Gasteiger partial charge on any atom is -0.493 e. The van der Waals surface area contributed by atoms with Gasteiger partial charge in [-0.15, -0.1) is 0 Å². The normalized spacial score (nSPS) is 11.9. The van der Waals surface area contributed by atoms with Crippen LogP contribution >= 0.6 is 23.2 Å². The van der Waals surface area contributed by atoms with Gasteiger partial charge in [0, 0.05) is 35.6 Å². The van der Waals surface area contributed by atoms with Crippen LogP contribution in [0.2, 0.25) is 10.0 Å². The molecule has 3 rings (SSSR count). The summed E-state index contributed by atoms with van der Waals surface area (Å²) in [6, 6.07) is 17.7. The molecule has 0 bridgehead atoms. The number of halogens is 2. The highest BCUT2D eigenvalue weighted by Gasteiger charge is 2.33. The zero-order valence-electron chi connectivity index (χ0n) is 24.0. The van der Waals surface area contributed by atoms with Crippen LogP contribution in [0.5, 0.6) is 11.5 Å². The Morgan fingerprint density at radius 2 is 1.64 bits per heavy atom. The van der Waals surface area contributed by atoms with E-state index in [4.69, 9.17) is 32.7 Å². The molecule has 3 aromatic carbocycles. The Kier molecular flexibility index (Phi) is 11.9. The van der Waals surface area contributed by atoms with Gasteiger partial charge in [0.1, 0.15) is 12.6 Å². The molecule has 3 aromatic rings. The molecule has 226 valence electrons. The summed E-state index contributed by atoms with van der Waals surface area (Å²) in [7, 11) is -1.06. The molecular weight excluding hydrogens is 601 g/mol. The molecule has 0 saturated heterocycles. The fourth-order valence-electron chi connectivity index (χ4n) is 4.35. The van der Waals surface area contributed by atoms with Crippen LogP contribution in [0.15, 0.2) is 66.7 Å². The number of nitrogens with one attached hydrogen (secondary N) is 1. The molecule has 0 saturated carbocycles. The molecule has 42 heavy (non-hydrogen) atoms. The number of anilines is 1. The first-order chi connectivity index (χ1) is 20.0. The highest BCUT2D eigenvalue weighted by molar-refractivity contribution is 7.92. The molecule has 0 aromatic heterocycles. The summed E-state index contributed by atoms with van der Waals surface area (Å²) in [6.45, 7) is 1.70. The van der Waals surface area contributed by atoms with Gasteiger partial charge in [-0.05, 0) is 41.8 Å². The number of amides is 2. The predicted octanol–water partition coefficient (Wildman–Crippen LogP) is 4.94. The Morgan fingerprint density at radius 3 is 2.24 bits per heavy atom. The minimum atomic E-state index is -3.95. The molecule has 0 spiro atoms. The molecule has 9 nitrogen and oxygen atoms in total. The second-order valence-electron chi connectivity index (χ2n) is 9.56. The fourth-order valence-corrected chi connectivity index (χ4v) is 5.66. The SMILES string of the molecule is CCCNC(=O)C(Cc1ccccc1)N(Cc1ccc(Cl)cc1Cl)C(=O)CN(c1ccc(OC)c(OC)c1)S(C)(=O)=O. The zero-order chi connectivity index (χ0) is 30.9. The molecular formula is C30H35Cl2N3O6S. The van der Waals surface area contributed by atoms with Crippen molar-refractivity contribution in [3.05, 3.63) is 87.9 Å². The number of hydrogen-bond donors (Lipinski definition) is 1. The summed E-state index contributed by atoms with van der Waals surface area (Å²) in [6.07, 6.45) is 1.90. The van der Waals surface area contributed by atoms with Crippen LogP contribution in [0.25, 0.3) is 0 Å². The van der Waals surface area contributed by atoms with Crippen LogP contribution in [-0.2, 0) is 32.6 Å². The van der Waals surface area contributed by atoms with Crippen molar-refractivity contribution in [1.29, 1.82) is 0 Å². The van der Waals surface area contributed by atoms with E-state index in [2.05, 4.69) is 5.32 Å². The smallest absolute Gasteiger partial charge is 0.244 e. The topological polar surface area (TPSA) is 105 Å².